The molecule has 10 nitrogen and oxygen atoms in total. The van der Waals surface area contributed by atoms with Crippen LogP contribution in [0.2, 0.25) is 0 Å². The topological polar surface area (TPSA) is 142 Å². The first-order valence-corrected chi connectivity index (χ1v) is 12.6. The zero-order valence-electron chi connectivity index (χ0n) is 20.0. The Kier molecular flexibility index (Phi) is 6.75. The van der Waals surface area contributed by atoms with Gasteiger partial charge in [-0.15, -0.1) is 11.3 Å². The molecular formula is C27H22N4O6S. The van der Waals surface area contributed by atoms with E-state index in [2.05, 4.69) is 10.3 Å². The number of carboxylic acid groups (broad SMARTS) is 1. The summed E-state index contributed by atoms with van der Waals surface area (Å²) in [5.74, 6) is -3.24. The van der Waals surface area contributed by atoms with E-state index in [-0.39, 0.29) is 36.8 Å². The van der Waals surface area contributed by atoms with Crippen LogP contribution in [0.1, 0.15) is 37.7 Å². The SMILES string of the molecule is O=C(O)CNC(=O)c1c(O)c2c(n(Cc3ccccc3-c3ccccc3)c1=O)CN(C(=O)c1cscn1)C2. The lowest BCUT2D eigenvalue weighted by Gasteiger charge is -2.18. The minimum absolute atomic E-state index is 0.0268. The Morgan fingerprint density at radius 3 is 2.47 bits per heavy atom. The second-order valence-corrected chi connectivity index (χ2v) is 9.39. The molecule has 2 aromatic carbocycles. The smallest absolute Gasteiger partial charge is 0.322 e. The van der Waals surface area contributed by atoms with Gasteiger partial charge in [0.15, 0.2) is 0 Å². The van der Waals surface area contributed by atoms with Gasteiger partial charge in [-0.1, -0.05) is 54.6 Å². The Bertz CT molecular complexity index is 1600. The summed E-state index contributed by atoms with van der Waals surface area (Å²) >= 11 is 1.27. The third-order valence-electron chi connectivity index (χ3n) is 6.34. The van der Waals surface area contributed by atoms with E-state index in [1.54, 1.807) is 5.38 Å². The summed E-state index contributed by atoms with van der Waals surface area (Å²) in [6.07, 6.45) is 0. The summed E-state index contributed by atoms with van der Waals surface area (Å²) in [5.41, 5.74) is 3.69. The summed E-state index contributed by atoms with van der Waals surface area (Å²) in [6.45, 7) is -0.680. The highest BCUT2D eigenvalue weighted by molar-refractivity contribution is 7.07. The molecule has 11 heteroatoms. The number of carboxylic acids is 1. The molecule has 0 unspecified atom stereocenters. The highest BCUT2D eigenvalue weighted by atomic mass is 32.1. The Morgan fingerprint density at radius 2 is 1.76 bits per heavy atom. The number of pyridine rings is 1. The fourth-order valence-corrected chi connectivity index (χ4v) is 5.08. The lowest BCUT2D eigenvalue weighted by Crippen LogP contribution is -2.37. The monoisotopic (exact) mass is 530 g/mol. The lowest BCUT2D eigenvalue weighted by atomic mass is 9.99. The first-order chi connectivity index (χ1) is 18.3. The number of nitrogens with one attached hydrogen (secondary N) is 1. The molecule has 2 aromatic heterocycles. The predicted octanol–water partition coefficient (Wildman–Crippen LogP) is 2.70. The van der Waals surface area contributed by atoms with E-state index in [1.807, 2.05) is 54.6 Å². The molecule has 2 amide bonds. The van der Waals surface area contributed by atoms with Crippen LogP contribution in [0, 0.1) is 0 Å². The minimum Gasteiger partial charge on any atom is -0.506 e. The Morgan fingerprint density at radius 1 is 1.03 bits per heavy atom. The van der Waals surface area contributed by atoms with Crippen LogP contribution in [0.5, 0.6) is 5.75 Å². The van der Waals surface area contributed by atoms with Crippen molar-refractivity contribution in [3.05, 3.63) is 104 Å². The Labute approximate surface area is 220 Å². The molecule has 0 saturated carbocycles. The standard InChI is InChI=1S/C27H22N4O6S/c32-22(33)10-28-25(35)23-24(34)19-12-30(26(36)20-14-38-15-29-20)13-21(19)31(27(23)37)11-17-8-4-5-9-18(17)16-6-2-1-3-7-16/h1-9,14-15,34H,10-13H2,(H,28,35)(H,32,33). The second kappa shape index (κ2) is 10.3. The van der Waals surface area contributed by atoms with Crippen LogP contribution in [0.3, 0.4) is 0 Å². The molecule has 0 saturated heterocycles. The quantitative estimate of drug-likeness (QED) is 0.334. The van der Waals surface area contributed by atoms with Crippen LogP contribution >= 0.6 is 11.3 Å². The van der Waals surface area contributed by atoms with Crippen molar-refractivity contribution >= 4 is 29.1 Å². The van der Waals surface area contributed by atoms with Gasteiger partial charge in [0.05, 0.1) is 25.1 Å². The fraction of sp³-hybridized carbons (Fsp3) is 0.148. The van der Waals surface area contributed by atoms with E-state index >= 15 is 0 Å². The number of thiazole rings is 1. The highest BCUT2D eigenvalue weighted by Gasteiger charge is 2.34. The van der Waals surface area contributed by atoms with Crippen molar-refractivity contribution in [3.63, 3.8) is 0 Å². The Balaban J connectivity index is 1.62. The predicted molar refractivity (Wildman–Crippen MR) is 139 cm³/mol. The number of hydrogen-bond donors (Lipinski definition) is 3. The van der Waals surface area contributed by atoms with Gasteiger partial charge >= 0.3 is 5.97 Å². The minimum atomic E-state index is -1.30. The molecule has 192 valence electrons. The molecule has 3 N–H and O–H groups in total. The molecule has 0 bridgehead atoms. The van der Waals surface area contributed by atoms with E-state index in [9.17, 15) is 24.3 Å². The number of rotatable bonds is 7. The largest absolute Gasteiger partial charge is 0.506 e. The summed E-state index contributed by atoms with van der Waals surface area (Å²) in [5, 5.41) is 23.7. The van der Waals surface area contributed by atoms with Gasteiger partial charge in [-0.3, -0.25) is 19.2 Å². The van der Waals surface area contributed by atoms with Crippen LogP contribution in [0.4, 0.5) is 0 Å². The van der Waals surface area contributed by atoms with Crippen LogP contribution in [-0.2, 0) is 24.4 Å². The van der Waals surface area contributed by atoms with Gasteiger partial charge in [0.2, 0.25) is 0 Å². The number of aromatic nitrogens is 2. The zero-order valence-corrected chi connectivity index (χ0v) is 20.8. The van der Waals surface area contributed by atoms with Crippen LogP contribution in [0.15, 0.2) is 70.3 Å². The number of nitrogens with zero attached hydrogens (tertiary/aromatic N) is 3. The van der Waals surface area contributed by atoms with Gasteiger partial charge in [-0.2, -0.15) is 0 Å². The Hall–Kier alpha value is -4.77. The summed E-state index contributed by atoms with van der Waals surface area (Å²) in [7, 11) is 0. The van der Waals surface area contributed by atoms with Gasteiger partial charge in [-0.25, -0.2) is 4.98 Å². The van der Waals surface area contributed by atoms with Crippen LogP contribution < -0.4 is 10.9 Å². The molecule has 1 aliphatic heterocycles. The summed E-state index contributed by atoms with van der Waals surface area (Å²) in [4.78, 5) is 56.1. The number of aliphatic carboxylic acids is 1. The van der Waals surface area contributed by atoms with Crippen molar-refractivity contribution in [1.29, 1.82) is 0 Å². The molecule has 0 radical (unpaired) electrons. The molecule has 4 aromatic rings. The van der Waals surface area contributed by atoms with E-state index in [1.165, 1.54) is 26.3 Å². The summed E-state index contributed by atoms with van der Waals surface area (Å²) < 4.78 is 1.38. The normalized spacial score (nSPS) is 12.3. The van der Waals surface area contributed by atoms with Gasteiger partial charge in [0, 0.05) is 16.6 Å². The van der Waals surface area contributed by atoms with Crippen LogP contribution in [-0.4, -0.2) is 49.0 Å². The highest BCUT2D eigenvalue weighted by Crippen LogP contribution is 2.33. The van der Waals surface area contributed by atoms with Gasteiger partial charge in [0.25, 0.3) is 17.4 Å². The molecule has 3 heterocycles. The molecule has 0 fully saturated rings. The fourth-order valence-electron chi connectivity index (χ4n) is 4.55. The molecule has 1 aliphatic rings. The van der Waals surface area contributed by atoms with Gasteiger partial charge in [0.1, 0.15) is 23.6 Å². The number of carbonyl (C=O) groups is 3. The van der Waals surface area contributed by atoms with Gasteiger partial charge < -0.3 is 25.0 Å². The number of amides is 2. The molecular weight excluding hydrogens is 508 g/mol. The van der Waals surface area contributed by atoms with E-state index in [4.69, 9.17) is 5.11 Å². The van der Waals surface area contributed by atoms with Gasteiger partial charge in [-0.05, 0) is 16.7 Å². The molecule has 0 aliphatic carbocycles. The van der Waals surface area contributed by atoms with Crippen molar-refractivity contribution in [2.24, 2.45) is 0 Å². The van der Waals surface area contributed by atoms with Crippen LogP contribution in [0.25, 0.3) is 11.1 Å². The maximum atomic E-state index is 13.7. The molecule has 5 rings (SSSR count). The first kappa shape index (κ1) is 24.9. The third-order valence-corrected chi connectivity index (χ3v) is 6.93. The second-order valence-electron chi connectivity index (χ2n) is 8.67. The van der Waals surface area contributed by atoms with Crippen molar-refractivity contribution in [2.45, 2.75) is 19.6 Å². The maximum Gasteiger partial charge on any atom is 0.322 e. The number of aromatic hydroxyl groups is 1. The van der Waals surface area contributed by atoms with E-state index < -0.39 is 35.3 Å². The third kappa shape index (κ3) is 4.66. The number of carbonyl (C=O) groups excluding carboxylic acids is 2. The number of hydrogen-bond acceptors (Lipinski definition) is 7. The first-order valence-electron chi connectivity index (χ1n) is 11.6. The average molecular weight is 531 g/mol. The van der Waals surface area contributed by atoms with Crippen molar-refractivity contribution < 1.29 is 24.6 Å². The van der Waals surface area contributed by atoms with Crippen molar-refractivity contribution in [2.75, 3.05) is 6.54 Å². The molecule has 0 spiro atoms. The van der Waals surface area contributed by atoms with E-state index in [0.29, 0.717) is 5.69 Å². The maximum absolute atomic E-state index is 13.7. The summed E-state index contributed by atoms with van der Waals surface area (Å²) in [6, 6.07) is 17.1. The molecule has 0 atom stereocenters. The van der Waals surface area contributed by atoms with Crippen molar-refractivity contribution in [3.8, 4) is 16.9 Å². The lowest BCUT2D eigenvalue weighted by molar-refractivity contribution is -0.135. The van der Waals surface area contributed by atoms with E-state index in [0.717, 1.165) is 16.7 Å². The number of benzene rings is 2. The zero-order chi connectivity index (χ0) is 26.8. The number of fused-ring (bicyclic) bond motifs is 1. The average Bonchev–Trinajstić information content (AvgIpc) is 3.61. The van der Waals surface area contributed by atoms with Crippen molar-refractivity contribution in [1.82, 2.24) is 19.8 Å². The molecule has 38 heavy (non-hydrogen) atoms.